The van der Waals surface area contributed by atoms with Gasteiger partial charge in [0.1, 0.15) is 5.01 Å². The van der Waals surface area contributed by atoms with Gasteiger partial charge in [0.2, 0.25) is 0 Å². The Bertz CT molecular complexity index is 505. The molecule has 2 rings (SSSR count). The molecule has 1 N–H and O–H groups in total. The van der Waals surface area contributed by atoms with Crippen LogP contribution in [-0.2, 0) is 6.54 Å². The first-order valence-corrected chi connectivity index (χ1v) is 7.33. The minimum atomic E-state index is 0.761. The second kappa shape index (κ2) is 6.32. The zero-order valence-electron chi connectivity index (χ0n) is 10.7. The number of thiazole rings is 1. The van der Waals surface area contributed by atoms with Crippen LogP contribution in [0.25, 0.3) is 10.6 Å². The number of hydrogen-bond donors (Lipinski definition) is 1. The molecule has 0 aliphatic rings. The van der Waals surface area contributed by atoms with Crippen molar-refractivity contribution in [2.45, 2.75) is 26.8 Å². The topological polar surface area (TPSA) is 24.9 Å². The Morgan fingerprint density at radius 1 is 1.28 bits per heavy atom. The van der Waals surface area contributed by atoms with Crippen molar-refractivity contribution < 1.29 is 0 Å². The molecule has 0 atom stereocenters. The third-order valence-electron chi connectivity index (χ3n) is 2.70. The van der Waals surface area contributed by atoms with Crippen molar-refractivity contribution >= 4 is 22.9 Å². The molecule has 0 bridgehead atoms. The van der Waals surface area contributed by atoms with E-state index in [0.717, 1.165) is 40.8 Å². The van der Waals surface area contributed by atoms with Crippen molar-refractivity contribution in [1.29, 1.82) is 0 Å². The molecule has 0 saturated heterocycles. The van der Waals surface area contributed by atoms with E-state index in [2.05, 4.69) is 24.1 Å². The molecule has 0 amide bonds. The van der Waals surface area contributed by atoms with Crippen LogP contribution in [0.15, 0.2) is 24.3 Å². The quantitative estimate of drug-likeness (QED) is 0.827. The number of hydrogen-bond acceptors (Lipinski definition) is 3. The Labute approximate surface area is 117 Å². The summed E-state index contributed by atoms with van der Waals surface area (Å²) in [6, 6.07) is 7.85. The number of rotatable bonds is 5. The summed E-state index contributed by atoms with van der Waals surface area (Å²) in [4.78, 5) is 5.94. The maximum Gasteiger partial charge on any atom is 0.123 e. The fraction of sp³-hybridized carbons (Fsp3) is 0.357. The van der Waals surface area contributed by atoms with Crippen molar-refractivity contribution in [3.63, 3.8) is 0 Å². The predicted octanol–water partition coefficient (Wildman–Crippen LogP) is 4.27. The minimum Gasteiger partial charge on any atom is -0.312 e. The van der Waals surface area contributed by atoms with Gasteiger partial charge in [-0.1, -0.05) is 30.7 Å². The first kappa shape index (κ1) is 13.5. The van der Waals surface area contributed by atoms with Crippen LogP contribution in [0, 0.1) is 6.92 Å². The molecule has 1 aromatic heterocycles. The molecule has 0 spiro atoms. The maximum absolute atomic E-state index is 5.89. The summed E-state index contributed by atoms with van der Waals surface area (Å²) in [6.45, 7) is 6.20. The summed E-state index contributed by atoms with van der Waals surface area (Å²) in [6.07, 6.45) is 1.15. The van der Waals surface area contributed by atoms with Crippen molar-refractivity contribution in [2.24, 2.45) is 0 Å². The second-order valence-corrected chi connectivity index (χ2v) is 5.73. The highest BCUT2D eigenvalue weighted by atomic mass is 35.5. The van der Waals surface area contributed by atoms with Crippen LogP contribution >= 0.6 is 22.9 Å². The first-order chi connectivity index (χ1) is 8.70. The average Bonchev–Trinajstić information content (AvgIpc) is 2.72. The van der Waals surface area contributed by atoms with Crippen LogP contribution in [0.1, 0.15) is 23.9 Å². The lowest BCUT2D eigenvalue weighted by atomic mass is 10.2. The van der Waals surface area contributed by atoms with E-state index < -0.39 is 0 Å². The van der Waals surface area contributed by atoms with Gasteiger partial charge in [0.15, 0.2) is 0 Å². The van der Waals surface area contributed by atoms with Gasteiger partial charge in [0.05, 0.1) is 5.69 Å². The van der Waals surface area contributed by atoms with E-state index in [0.29, 0.717) is 0 Å². The van der Waals surface area contributed by atoms with Crippen LogP contribution in [0.4, 0.5) is 0 Å². The van der Waals surface area contributed by atoms with E-state index in [9.17, 15) is 0 Å². The summed E-state index contributed by atoms with van der Waals surface area (Å²) < 4.78 is 0. The van der Waals surface area contributed by atoms with Crippen molar-refractivity contribution in [3.05, 3.63) is 39.9 Å². The Balaban J connectivity index is 2.15. The lowest BCUT2D eigenvalue weighted by Crippen LogP contribution is -2.13. The lowest BCUT2D eigenvalue weighted by molar-refractivity contribution is 0.678. The van der Waals surface area contributed by atoms with E-state index in [-0.39, 0.29) is 0 Å². The van der Waals surface area contributed by atoms with Gasteiger partial charge in [0, 0.05) is 22.0 Å². The molecule has 0 unspecified atom stereocenters. The van der Waals surface area contributed by atoms with E-state index in [4.69, 9.17) is 11.6 Å². The average molecular weight is 281 g/mol. The van der Waals surface area contributed by atoms with Crippen molar-refractivity contribution in [2.75, 3.05) is 6.54 Å². The molecule has 96 valence electrons. The van der Waals surface area contributed by atoms with E-state index >= 15 is 0 Å². The molecule has 0 fully saturated rings. The number of aromatic nitrogens is 1. The first-order valence-electron chi connectivity index (χ1n) is 6.13. The highest BCUT2D eigenvalue weighted by molar-refractivity contribution is 7.15. The van der Waals surface area contributed by atoms with Crippen LogP contribution < -0.4 is 5.32 Å². The number of nitrogens with one attached hydrogen (secondary N) is 1. The van der Waals surface area contributed by atoms with Crippen LogP contribution in [-0.4, -0.2) is 11.5 Å². The molecule has 0 aliphatic carbocycles. The molecule has 4 heteroatoms. The van der Waals surface area contributed by atoms with Crippen molar-refractivity contribution in [3.8, 4) is 10.6 Å². The monoisotopic (exact) mass is 280 g/mol. The normalized spacial score (nSPS) is 10.8. The molecule has 1 heterocycles. The Morgan fingerprint density at radius 2 is 2.00 bits per heavy atom. The van der Waals surface area contributed by atoms with Gasteiger partial charge in [-0.2, -0.15) is 0 Å². The largest absolute Gasteiger partial charge is 0.312 e. The highest BCUT2D eigenvalue weighted by Crippen LogP contribution is 2.28. The molecular formula is C14H17ClN2S. The standard InChI is InChI=1S/C14H17ClN2S/c1-3-8-16-9-13-10(2)17-14(18-13)11-4-6-12(15)7-5-11/h4-7,16H,3,8-9H2,1-2H3. The number of aryl methyl sites for hydroxylation is 1. The van der Waals surface area contributed by atoms with Gasteiger partial charge >= 0.3 is 0 Å². The molecule has 18 heavy (non-hydrogen) atoms. The fourth-order valence-corrected chi connectivity index (χ4v) is 2.85. The Morgan fingerprint density at radius 3 is 2.67 bits per heavy atom. The van der Waals surface area contributed by atoms with Crippen molar-refractivity contribution in [1.82, 2.24) is 10.3 Å². The van der Waals surface area contributed by atoms with E-state index in [1.54, 1.807) is 11.3 Å². The molecule has 1 aromatic carbocycles. The summed E-state index contributed by atoms with van der Waals surface area (Å²) in [5.41, 5.74) is 2.25. The van der Waals surface area contributed by atoms with Gasteiger partial charge in [-0.3, -0.25) is 0 Å². The van der Waals surface area contributed by atoms with E-state index in [1.165, 1.54) is 4.88 Å². The highest BCUT2D eigenvalue weighted by Gasteiger charge is 2.08. The fourth-order valence-electron chi connectivity index (χ4n) is 1.69. The van der Waals surface area contributed by atoms with Gasteiger partial charge in [0.25, 0.3) is 0 Å². The second-order valence-electron chi connectivity index (χ2n) is 4.21. The number of benzene rings is 1. The molecule has 0 radical (unpaired) electrons. The van der Waals surface area contributed by atoms with Gasteiger partial charge in [-0.05, 0) is 32.0 Å². The molecule has 2 aromatic rings. The predicted molar refractivity (Wildman–Crippen MR) is 79.3 cm³/mol. The number of nitrogens with zero attached hydrogens (tertiary/aromatic N) is 1. The zero-order valence-corrected chi connectivity index (χ0v) is 12.2. The van der Waals surface area contributed by atoms with Gasteiger partial charge in [-0.25, -0.2) is 4.98 Å². The number of halogens is 1. The maximum atomic E-state index is 5.89. The molecule has 2 nitrogen and oxygen atoms in total. The van der Waals surface area contributed by atoms with Gasteiger partial charge < -0.3 is 5.32 Å². The van der Waals surface area contributed by atoms with Crippen LogP contribution in [0.2, 0.25) is 5.02 Å². The summed E-state index contributed by atoms with van der Waals surface area (Å²) in [7, 11) is 0. The zero-order chi connectivity index (χ0) is 13.0. The summed E-state index contributed by atoms with van der Waals surface area (Å²) >= 11 is 7.65. The van der Waals surface area contributed by atoms with Gasteiger partial charge in [-0.15, -0.1) is 11.3 Å². The lowest BCUT2D eigenvalue weighted by Gasteiger charge is -1.99. The van der Waals surface area contributed by atoms with E-state index in [1.807, 2.05) is 24.3 Å². The minimum absolute atomic E-state index is 0.761. The third-order valence-corrected chi connectivity index (χ3v) is 4.15. The smallest absolute Gasteiger partial charge is 0.123 e. The van der Waals surface area contributed by atoms with Crippen LogP contribution in [0.5, 0.6) is 0 Å². The molecular weight excluding hydrogens is 264 g/mol. The Hall–Kier alpha value is -0.900. The van der Waals surface area contributed by atoms with Crippen LogP contribution in [0.3, 0.4) is 0 Å². The SMILES string of the molecule is CCCNCc1sc(-c2ccc(Cl)cc2)nc1C. The molecule has 0 aliphatic heterocycles. The third kappa shape index (κ3) is 3.31. The Kier molecular flexibility index (Phi) is 4.75. The summed E-state index contributed by atoms with van der Waals surface area (Å²) in [5, 5.41) is 5.24. The molecule has 0 saturated carbocycles. The summed E-state index contributed by atoms with van der Waals surface area (Å²) in [5.74, 6) is 0.